The van der Waals surface area contributed by atoms with Gasteiger partial charge in [0.1, 0.15) is 18.1 Å². The van der Waals surface area contributed by atoms with Gasteiger partial charge in [-0.15, -0.1) is 0 Å². The van der Waals surface area contributed by atoms with Gasteiger partial charge in [0.05, 0.1) is 41.4 Å². The molecule has 0 unspecified atom stereocenters. The summed E-state index contributed by atoms with van der Waals surface area (Å²) in [5.41, 5.74) is 3.95. The fourth-order valence-corrected chi connectivity index (χ4v) is 5.42. The van der Waals surface area contributed by atoms with Crippen LogP contribution in [0.1, 0.15) is 37.6 Å². The monoisotopic (exact) mass is 444 g/mol. The third-order valence-corrected chi connectivity index (χ3v) is 7.20. The molecule has 2 saturated heterocycles. The van der Waals surface area contributed by atoms with E-state index in [2.05, 4.69) is 17.1 Å². The fraction of sp³-hybridized carbons (Fsp3) is 0.565. The number of hydrogen-bond donors (Lipinski definition) is 2. The second-order valence-corrected chi connectivity index (χ2v) is 9.35. The van der Waals surface area contributed by atoms with Crippen molar-refractivity contribution in [2.75, 3.05) is 43.1 Å². The number of rotatable bonds is 3. The summed E-state index contributed by atoms with van der Waals surface area (Å²) in [6.07, 6.45) is 3.63. The number of aliphatic hydroxyl groups excluding tert-OH is 1. The van der Waals surface area contributed by atoms with Crippen molar-refractivity contribution >= 4 is 23.1 Å². The second-order valence-electron chi connectivity index (χ2n) is 8.97. The summed E-state index contributed by atoms with van der Waals surface area (Å²) in [4.78, 5) is 12.0. The van der Waals surface area contributed by atoms with Crippen molar-refractivity contribution in [3.63, 3.8) is 0 Å². The van der Waals surface area contributed by atoms with Crippen molar-refractivity contribution in [3.8, 4) is 17.0 Å². The molecular formula is C23H29ClN4O3. The van der Waals surface area contributed by atoms with Gasteiger partial charge >= 0.3 is 0 Å². The maximum Gasteiger partial charge on any atom is 0.153 e. The molecule has 166 valence electrons. The Balaban J connectivity index is 1.44. The molecule has 3 aliphatic heterocycles. The standard InChI is InChI=1S/C23H29ClN4O3/c1-14-11-23(13-31-14)5-8-28(9-6-23)22-17(12-29)27-20(15(2)26-22)16-3-4-18-21(19(16)24)25-7-10-30-18/h3-4,14,25,29H,5-13H2,1-2H3/t14-/m0/s1. The number of nitrogens with one attached hydrogen (secondary N) is 1. The van der Waals surface area contributed by atoms with Gasteiger partial charge in [-0.25, -0.2) is 9.97 Å². The van der Waals surface area contributed by atoms with Crippen LogP contribution in [0.25, 0.3) is 11.3 Å². The minimum Gasteiger partial charge on any atom is -0.490 e. The largest absolute Gasteiger partial charge is 0.490 e. The molecule has 2 fully saturated rings. The van der Waals surface area contributed by atoms with Crippen LogP contribution in [0.5, 0.6) is 5.75 Å². The van der Waals surface area contributed by atoms with Crippen LogP contribution in [0.4, 0.5) is 11.5 Å². The van der Waals surface area contributed by atoms with Crippen molar-refractivity contribution in [2.24, 2.45) is 5.41 Å². The SMILES string of the molecule is Cc1nc(N2CCC3(CC2)CO[C@@H](C)C3)c(CO)nc1-c1ccc2c(c1Cl)NCCO2. The van der Waals surface area contributed by atoms with E-state index < -0.39 is 0 Å². The Labute approximate surface area is 187 Å². The van der Waals surface area contributed by atoms with Crippen LogP contribution in [-0.2, 0) is 11.3 Å². The van der Waals surface area contributed by atoms with Crippen molar-refractivity contribution < 1.29 is 14.6 Å². The highest BCUT2D eigenvalue weighted by molar-refractivity contribution is 6.36. The summed E-state index contributed by atoms with van der Waals surface area (Å²) >= 11 is 6.70. The molecule has 8 heteroatoms. The number of fused-ring (bicyclic) bond motifs is 1. The zero-order valence-corrected chi connectivity index (χ0v) is 18.8. The van der Waals surface area contributed by atoms with Crippen LogP contribution in [0.15, 0.2) is 12.1 Å². The quantitative estimate of drug-likeness (QED) is 0.745. The number of aliphatic hydroxyl groups is 1. The summed E-state index contributed by atoms with van der Waals surface area (Å²) in [6.45, 7) is 7.93. The van der Waals surface area contributed by atoms with E-state index in [-0.39, 0.29) is 6.61 Å². The Hall–Kier alpha value is -2.09. The molecule has 1 atom stereocenters. The summed E-state index contributed by atoms with van der Waals surface area (Å²) in [7, 11) is 0. The first-order valence-electron chi connectivity index (χ1n) is 11.0. The molecule has 1 aromatic heterocycles. The number of aromatic nitrogens is 2. The highest BCUT2D eigenvalue weighted by atomic mass is 35.5. The van der Waals surface area contributed by atoms with E-state index in [1.807, 2.05) is 19.1 Å². The van der Waals surface area contributed by atoms with Crippen LogP contribution in [0, 0.1) is 12.3 Å². The molecule has 7 nitrogen and oxygen atoms in total. The minimum atomic E-state index is -0.165. The van der Waals surface area contributed by atoms with Crippen molar-refractivity contribution in [1.29, 1.82) is 0 Å². The van der Waals surface area contributed by atoms with Crippen molar-refractivity contribution in [2.45, 2.75) is 45.8 Å². The van der Waals surface area contributed by atoms with Crippen LogP contribution in [-0.4, -0.2) is 54.0 Å². The van der Waals surface area contributed by atoms with Gasteiger partial charge in [-0.1, -0.05) is 11.6 Å². The first-order valence-corrected chi connectivity index (χ1v) is 11.4. The molecule has 0 radical (unpaired) electrons. The predicted octanol–water partition coefficient (Wildman–Crippen LogP) is 3.80. The van der Waals surface area contributed by atoms with Crippen LogP contribution in [0.3, 0.4) is 0 Å². The number of anilines is 2. The maximum atomic E-state index is 10.1. The lowest BCUT2D eigenvalue weighted by molar-refractivity contribution is 0.0975. The smallest absolute Gasteiger partial charge is 0.153 e. The van der Waals surface area contributed by atoms with Gasteiger partial charge in [0.15, 0.2) is 5.82 Å². The highest BCUT2D eigenvalue weighted by Gasteiger charge is 2.41. The van der Waals surface area contributed by atoms with Gasteiger partial charge in [0.25, 0.3) is 0 Å². The van der Waals surface area contributed by atoms with Gasteiger partial charge in [0, 0.05) is 25.2 Å². The van der Waals surface area contributed by atoms with Crippen LogP contribution in [0.2, 0.25) is 5.02 Å². The van der Waals surface area contributed by atoms with E-state index in [0.717, 1.165) is 67.5 Å². The number of hydrogen-bond acceptors (Lipinski definition) is 7. The van der Waals surface area contributed by atoms with E-state index in [9.17, 15) is 5.11 Å². The molecule has 2 N–H and O–H groups in total. The van der Waals surface area contributed by atoms with E-state index in [1.165, 1.54) is 0 Å². The van der Waals surface area contributed by atoms with Gasteiger partial charge < -0.3 is 24.8 Å². The summed E-state index contributed by atoms with van der Waals surface area (Å²) < 4.78 is 11.5. The molecule has 1 aromatic carbocycles. The Kier molecular flexibility index (Phi) is 5.44. The van der Waals surface area contributed by atoms with Gasteiger partial charge in [-0.05, 0) is 50.7 Å². The highest BCUT2D eigenvalue weighted by Crippen LogP contribution is 2.44. The van der Waals surface area contributed by atoms with Gasteiger partial charge in [0.2, 0.25) is 0 Å². The number of nitrogens with zero attached hydrogens (tertiary/aromatic N) is 3. The maximum absolute atomic E-state index is 10.1. The number of aryl methyl sites for hydroxylation is 1. The number of piperidine rings is 1. The molecule has 5 rings (SSSR count). The lowest BCUT2D eigenvalue weighted by Crippen LogP contribution is -2.41. The average Bonchev–Trinajstić information content (AvgIpc) is 3.15. The number of halogens is 1. The zero-order valence-electron chi connectivity index (χ0n) is 18.1. The second kappa shape index (κ2) is 8.11. The molecule has 2 aromatic rings. The van der Waals surface area contributed by atoms with Crippen LogP contribution >= 0.6 is 11.6 Å². The van der Waals surface area contributed by atoms with E-state index >= 15 is 0 Å². The molecule has 0 saturated carbocycles. The lowest BCUT2D eigenvalue weighted by atomic mass is 9.77. The molecule has 0 bridgehead atoms. The normalized spacial score (nSPS) is 22.2. The Morgan fingerprint density at radius 3 is 2.81 bits per heavy atom. The molecule has 0 aliphatic carbocycles. The van der Waals surface area contributed by atoms with Crippen molar-refractivity contribution in [3.05, 3.63) is 28.5 Å². The summed E-state index contributed by atoms with van der Waals surface area (Å²) in [6, 6.07) is 3.82. The van der Waals surface area contributed by atoms with Gasteiger partial charge in [-0.3, -0.25) is 0 Å². The molecule has 0 amide bonds. The predicted molar refractivity (Wildman–Crippen MR) is 121 cm³/mol. The third kappa shape index (κ3) is 3.73. The summed E-state index contributed by atoms with van der Waals surface area (Å²) in [5.74, 6) is 1.53. The molecule has 3 aliphatic rings. The number of benzene rings is 1. The molecule has 4 heterocycles. The first kappa shape index (κ1) is 20.8. The molecular weight excluding hydrogens is 416 g/mol. The third-order valence-electron chi connectivity index (χ3n) is 6.81. The van der Waals surface area contributed by atoms with Crippen LogP contribution < -0.4 is 15.0 Å². The Morgan fingerprint density at radius 2 is 2.10 bits per heavy atom. The fourth-order valence-electron chi connectivity index (χ4n) is 5.11. The van der Waals surface area contributed by atoms with E-state index in [1.54, 1.807) is 0 Å². The Bertz CT molecular complexity index is 991. The first-order chi connectivity index (χ1) is 15.0. The number of ether oxygens (including phenoxy) is 2. The lowest BCUT2D eigenvalue weighted by Gasteiger charge is -2.39. The Morgan fingerprint density at radius 1 is 1.29 bits per heavy atom. The molecule has 31 heavy (non-hydrogen) atoms. The van der Waals surface area contributed by atoms with E-state index in [0.29, 0.717) is 41.1 Å². The minimum absolute atomic E-state index is 0.165. The van der Waals surface area contributed by atoms with E-state index in [4.69, 9.17) is 31.0 Å². The zero-order chi connectivity index (χ0) is 21.6. The van der Waals surface area contributed by atoms with Crippen molar-refractivity contribution in [1.82, 2.24) is 9.97 Å². The summed E-state index contributed by atoms with van der Waals surface area (Å²) in [5, 5.41) is 14.0. The topological polar surface area (TPSA) is 79.7 Å². The average molecular weight is 445 g/mol. The molecule has 1 spiro atoms. The van der Waals surface area contributed by atoms with Gasteiger partial charge in [-0.2, -0.15) is 0 Å².